The van der Waals surface area contributed by atoms with E-state index in [1.54, 1.807) is 12.1 Å². The number of sulfone groups is 1. The number of benzene rings is 3. The van der Waals surface area contributed by atoms with E-state index in [0.717, 1.165) is 22.3 Å². The van der Waals surface area contributed by atoms with Gasteiger partial charge in [0.1, 0.15) is 5.84 Å². The molecule has 11 heteroatoms. The van der Waals surface area contributed by atoms with Gasteiger partial charge in [0.05, 0.1) is 21.8 Å². The van der Waals surface area contributed by atoms with E-state index in [-0.39, 0.29) is 63.9 Å². The van der Waals surface area contributed by atoms with Crippen molar-refractivity contribution in [1.82, 2.24) is 10.6 Å². The van der Waals surface area contributed by atoms with Gasteiger partial charge < -0.3 is 22.1 Å². The first-order valence-corrected chi connectivity index (χ1v) is 18.3. The normalized spacial score (nSPS) is 17.1. The summed E-state index contributed by atoms with van der Waals surface area (Å²) < 4.78 is 29.3. The van der Waals surface area contributed by atoms with Gasteiger partial charge in [0, 0.05) is 24.6 Å². The monoisotopic (exact) mass is 709 g/mol. The maximum Gasteiger partial charge on any atom is 0.225 e. The first kappa shape index (κ1) is 39.9. The zero-order valence-electron chi connectivity index (χ0n) is 29.4. The Morgan fingerprint density at radius 3 is 2.12 bits per heavy atom. The van der Waals surface area contributed by atoms with E-state index in [1.807, 2.05) is 50.2 Å². The van der Waals surface area contributed by atoms with Crippen molar-refractivity contribution in [2.45, 2.75) is 94.5 Å². The van der Waals surface area contributed by atoms with Crippen molar-refractivity contribution in [2.24, 2.45) is 23.3 Å². The van der Waals surface area contributed by atoms with E-state index in [0.29, 0.717) is 37.2 Å². The Hall–Kier alpha value is -3.57. The van der Waals surface area contributed by atoms with Gasteiger partial charge >= 0.3 is 0 Å². The van der Waals surface area contributed by atoms with Crippen LogP contribution in [0.15, 0.2) is 70.5 Å². The van der Waals surface area contributed by atoms with Crippen molar-refractivity contribution in [3.8, 4) is 0 Å². The van der Waals surface area contributed by atoms with Crippen molar-refractivity contribution < 1.29 is 18.0 Å². The molecule has 4 rings (SSSR count). The molecule has 0 aliphatic carbocycles. The molecule has 0 bridgehead atoms. The summed E-state index contributed by atoms with van der Waals surface area (Å²) in [5.74, 6) is -1.74. The van der Waals surface area contributed by atoms with Gasteiger partial charge in [-0.3, -0.25) is 15.0 Å². The van der Waals surface area contributed by atoms with E-state index in [1.165, 1.54) is 12.1 Å². The number of hydrogen-bond acceptors (Lipinski definition) is 7. The number of rotatable bonds is 13. The highest BCUT2D eigenvalue weighted by atomic mass is 35.5. The number of piperidine rings is 1. The second-order valence-electron chi connectivity index (χ2n) is 13.8. The molecule has 3 atom stereocenters. The predicted octanol–water partition coefficient (Wildman–Crippen LogP) is 5.58. The fourth-order valence-corrected chi connectivity index (χ4v) is 8.76. The van der Waals surface area contributed by atoms with Gasteiger partial charge in [0.15, 0.2) is 5.78 Å². The van der Waals surface area contributed by atoms with Gasteiger partial charge in [0.2, 0.25) is 15.7 Å². The van der Waals surface area contributed by atoms with E-state index >= 15 is 0 Å². The molecule has 0 radical (unpaired) electrons. The van der Waals surface area contributed by atoms with Crippen LogP contribution in [0.25, 0.3) is 0 Å². The number of nitrogens with two attached hydrogens (primary N) is 2. The highest BCUT2D eigenvalue weighted by molar-refractivity contribution is 7.91. The van der Waals surface area contributed by atoms with Crippen molar-refractivity contribution in [3.63, 3.8) is 0 Å². The smallest absolute Gasteiger partial charge is 0.225 e. The van der Waals surface area contributed by atoms with E-state index in [2.05, 4.69) is 38.3 Å². The second-order valence-corrected chi connectivity index (χ2v) is 15.7. The van der Waals surface area contributed by atoms with E-state index in [9.17, 15) is 18.0 Å². The number of hydrogen-bond donors (Lipinski definition) is 5. The molecule has 1 saturated heterocycles. The summed E-state index contributed by atoms with van der Waals surface area (Å²) >= 11 is 0. The molecular weight excluding hydrogens is 658 g/mol. The Labute approximate surface area is 297 Å². The topological polar surface area (TPSA) is 168 Å². The van der Waals surface area contributed by atoms with Crippen LogP contribution < -0.4 is 22.1 Å². The SMILES string of the molecule is CC(C)c1ccc(S(=O)(=O)c2ccc(C(=N)N)cc2C[C@H](N)C(=O)C2CCNCC2C(=O)NCc2ccccc2)c(C(C)C)c1C(C)C.Cl. The molecule has 7 N–H and O–H groups in total. The average Bonchev–Trinajstić information content (AvgIpc) is 3.06. The summed E-state index contributed by atoms with van der Waals surface area (Å²) in [7, 11) is -4.09. The molecule has 2 unspecified atom stereocenters. The highest BCUT2D eigenvalue weighted by Crippen LogP contribution is 2.40. The average molecular weight is 710 g/mol. The molecule has 49 heavy (non-hydrogen) atoms. The Morgan fingerprint density at radius 1 is 0.898 bits per heavy atom. The van der Waals surface area contributed by atoms with Crippen LogP contribution in [-0.2, 0) is 32.4 Å². The second kappa shape index (κ2) is 16.9. The maximum atomic E-state index is 14.6. The number of Topliss-reactive ketones (excluding diaryl/α,β-unsaturated/α-hetero) is 1. The first-order valence-electron chi connectivity index (χ1n) is 16.9. The molecule has 1 amide bonds. The quantitative estimate of drug-likeness (QED) is 0.114. The van der Waals surface area contributed by atoms with Crippen LogP contribution in [0, 0.1) is 17.2 Å². The number of halogens is 1. The number of nitrogens with one attached hydrogen (secondary N) is 3. The minimum absolute atomic E-state index is 0. The lowest BCUT2D eigenvalue weighted by molar-refractivity contribution is -0.135. The number of amides is 1. The third-order valence-electron chi connectivity index (χ3n) is 9.31. The van der Waals surface area contributed by atoms with Gasteiger partial charge in [-0.25, -0.2) is 8.42 Å². The molecule has 0 saturated carbocycles. The first-order chi connectivity index (χ1) is 22.6. The van der Waals surface area contributed by atoms with Crippen LogP contribution in [0.2, 0.25) is 0 Å². The molecule has 3 aromatic rings. The van der Waals surface area contributed by atoms with Crippen LogP contribution in [-0.4, -0.2) is 45.1 Å². The van der Waals surface area contributed by atoms with Crippen LogP contribution in [0.1, 0.15) is 99.1 Å². The molecule has 3 aromatic carbocycles. The number of ketones is 1. The standard InChI is InChI=1S/C38H51N5O4S.ClH/c1-22(2)28-13-15-33(35(24(5)6)34(28)23(3)4)48(46,47)32-14-12-26(37(40)41)18-27(32)19-31(39)36(44)29-16-17-42-21-30(29)38(45)43-20-25-10-8-7-9-11-25;/h7-15,18,22-24,29-31,42H,16-17,19-21,39H2,1-6H3,(H3,40,41)(H,43,45);1H/t29?,30?,31-;/m0./s1. The molecular formula is C38H52ClN5O4S. The minimum atomic E-state index is -4.09. The lowest BCUT2D eigenvalue weighted by atomic mass is 9.79. The third kappa shape index (κ3) is 8.97. The highest BCUT2D eigenvalue weighted by Gasteiger charge is 2.38. The third-order valence-corrected chi connectivity index (χ3v) is 11.2. The summed E-state index contributed by atoms with van der Waals surface area (Å²) in [5, 5.41) is 14.2. The summed E-state index contributed by atoms with van der Waals surface area (Å²) in [6.07, 6.45) is 0.349. The van der Waals surface area contributed by atoms with Gasteiger partial charge in [-0.2, -0.15) is 0 Å². The van der Waals surface area contributed by atoms with Gasteiger partial charge in [-0.1, -0.05) is 77.9 Å². The lowest BCUT2D eigenvalue weighted by Gasteiger charge is -2.32. The fourth-order valence-electron chi connectivity index (χ4n) is 6.90. The lowest BCUT2D eigenvalue weighted by Crippen LogP contribution is -2.51. The van der Waals surface area contributed by atoms with E-state index in [4.69, 9.17) is 16.9 Å². The molecule has 0 spiro atoms. The molecule has 1 fully saturated rings. The molecule has 0 aromatic heterocycles. The number of carbonyl (C=O) groups is 2. The van der Waals surface area contributed by atoms with Crippen molar-refractivity contribution >= 4 is 39.8 Å². The van der Waals surface area contributed by atoms with Crippen LogP contribution in [0.4, 0.5) is 0 Å². The van der Waals surface area contributed by atoms with Gasteiger partial charge in [-0.15, -0.1) is 12.4 Å². The zero-order valence-corrected chi connectivity index (χ0v) is 31.0. The summed E-state index contributed by atoms with van der Waals surface area (Å²) in [6, 6.07) is 16.6. The molecule has 1 heterocycles. The van der Waals surface area contributed by atoms with Crippen LogP contribution in [0.5, 0.6) is 0 Å². The predicted molar refractivity (Wildman–Crippen MR) is 198 cm³/mol. The van der Waals surface area contributed by atoms with Gasteiger partial charge in [-0.05, 0) is 89.2 Å². The van der Waals surface area contributed by atoms with Crippen LogP contribution in [0.3, 0.4) is 0 Å². The Morgan fingerprint density at radius 2 is 1.53 bits per heavy atom. The summed E-state index contributed by atoms with van der Waals surface area (Å²) in [4.78, 5) is 27.5. The molecule has 266 valence electrons. The van der Waals surface area contributed by atoms with Crippen LogP contribution >= 0.6 is 12.4 Å². The Balaban J connectivity index is 0.00000650. The van der Waals surface area contributed by atoms with E-state index < -0.39 is 27.7 Å². The molecule has 1 aliphatic rings. The molecule has 1 aliphatic heterocycles. The minimum Gasteiger partial charge on any atom is -0.384 e. The van der Waals surface area contributed by atoms with Crippen molar-refractivity contribution in [3.05, 3.63) is 94.0 Å². The molecule has 9 nitrogen and oxygen atoms in total. The fraction of sp³-hybridized carbons (Fsp3) is 0.447. The van der Waals surface area contributed by atoms with Crippen molar-refractivity contribution in [2.75, 3.05) is 13.1 Å². The Kier molecular flexibility index (Phi) is 13.7. The maximum absolute atomic E-state index is 14.6. The zero-order chi connectivity index (χ0) is 35.3. The summed E-state index contributed by atoms with van der Waals surface area (Å²) in [6.45, 7) is 13.6. The largest absolute Gasteiger partial charge is 0.384 e. The van der Waals surface area contributed by atoms with Gasteiger partial charge in [0.25, 0.3) is 0 Å². The number of nitrogen functional groups attached to an aromatic ring is 1. The Bertz CT molecular complexity index is 1760. The summed E-state index contributed by atoms with van der Waals surface area (Å²) in [5.41, 5.74) is 17.0. The number of carbonyl (C=O) groups excluding carboxylic acids is 2. The van der Waals surface area contributed by atoms with Crippen molar-refractivity contribution in [1.29, 1.82) is 5.41 Å². The number of amidine groups is 1.